The lowest BCUT2D eigenvalue weighted by atomic mass is 9.76. The van der Waals surface area contributed by atoms with E-state index in [1.807, 2.05) is 71.9 Å². The predicted molar refractivity (Wildman–Crippen MR) is 278 cm³/mol. The summed E-state index contributed by atoms with van der Waals surface area (Å²) in [6.07, 6.45) is -2.34. The van der Waals surface area contributed by atoms with Crippen LogP contribution in [0.2, 0.25) is 0 Å². The van der Waals surface area contributed by atoms with E-state index < -0.39 is 71.6 Å². The Morgan fingerprint density at radius 3 is 1.51 bits per heavy atom. The van der Waals surface area contributed by atoms with Crippen molar-refractivity contribution in [3.63, 3.8) is 0 Å². The van der Waals surface area contributed by atoms with E-state index in [1.165, 1.54) is 14.2 Å². The van der Waals surface area contributed by atoms with Crippen molar-refractivity contribution in [3.8, 4) is 0 Å². The molecule has 2 aromatic rings. The number of Topliss-reactive ketones (excluding diaryl/α,β-unsaturated/α-hetero) is 2. The van der Waals surface area contributed by atoms with E-state index in [2.05, 4.69) is 19.9 Å². The molecule has 4 bridgehead atoms. The fourth-order valence-corrected chi connectivity index (χ4v) is 8.52. The average Bonchev–Trinajstić information content (AvgIpc) is 3.32. The predicted octanol–water partition coefficient (Wildman–Crippen LogP) is 7.60. The molecule has 0 spiro atoms. The number of cyclic esters (lactones) is 2. The summed E-state index contributed by atoms with van der Waals surface area (Å²) < 4.78 is 33.4. The number of hydrogen-bond donors (Lipinski definition) is 5. The average molecular weight is 1020 g/mol. The minimum Gasteiger partial charge on any atom is -0.455 e. The number of fused-ring (bicyclic) bond motifs is 4. The number of aliphatic hydroxyl groups excluding tert-OH is 5. The van der Waals surface area contributed by atoms with Gasteiger partial charge in [-0.3, -0.25) is 9.59 Å². The second-order valence-corrected chi connectivity index (χ2v) is 19.9. The largest absolute Gasteiger partial charge is 0.455 e. The molecule has 2 aromatic carbocycles. The number of esters is 2. The first-order chi connectivity index (χ1) is 33.1. The highest BCUT2D eigenvalue weighted by Gasteiger charge is 2.39. The monoisotopic (exact) mass is 1010 g/mol. The van der Waals surface area contributed by atoms with Crippen LogP contribution in [0.25, 0.3) is 0 Å². The van der Waals surface area contributed by atoms with Gasteiger partial charge in [-0.05, 0) is 72.4 Å². The van der Waals surface area contributed by atoms with E-state index in [0.717, 1.165) is 35.1 Å². The normalized spacial score (nSPS) is 26.0. The van der Waals surface area contributed by atoms with Gasteiger partial charge < -0.3 is 54.0 Å². The third-order valence-corrected chi connectivity index (χ3v) is 13.8. The Balaban J connectivity index is 0.000000710. The number of aliphatic hydroxyl groups is 5. The van der Waals surface area contributed by atoms with Crippen molar-refractivity contribution in [2.24, 2.45) is 11.8 Å². The third-order valence-electron chi connectivity index (χ3n) is 13.8. The van der Waals surface area contributed by atoms with Gasteiger partial charge in [0.1, 0.15) is 43.5 Å². The van der Waals surface area contributed by atoms with Gasteiger partial charge in [0.15, 0.2) is 12.2 Å². The number of allylic oxidation sites excluding steroid dienone is 1. The van der Waals surface area contributed by atoms with Crippen molar-refractivity contribution >= 4 is 23.5 Å². The van der Waals surface area contributed by atoms with Gasteiger partial charge in [-0.25, -0.2) is 9.59 Å². The number of ketones is 2. The van der Waals surface area contributed by atoms with Gasteiger partial charge in [0, 0.05) is 76.1 Å². The van der Waals surface area contributed by atoms with Gasteiger partial charge >= 0.3 is 11.9 Å². The van der Waals surface area contributed by atoms with Gasteiger partial charge in [-0.15, -0.1) is 0 Å². The fraction of sp³-hybridized carbons (Fsp3) is 0.649. The Hall–Kier alpha value is -4.16. The molecule has 15 nitrogen and oxygen atoms in total. The Morgan fingerprint density at radius 2 is 1.07 bits per heavy atom. The molecule has 0 amide bonds. The van der Waals surface area contributed by atoms with Crippen LogP contribution in [0.3, 0.4) is 0 Å². The number of rotatable bonds is 14. The highest BCUT2D eigenvalue weighted by Crippen LogP contribution is 2.33. The van der Waals surface area contributed by atoms with Crippen LogP contribution in [0, 0.1) is 11.8 Å². The molecule has 0 aliphatic carbocycles. The number of ether oxygens (including phenoxy) is 6. The number of hydrogen-bond acceptors (Lipinski definition) is 15. The molecule has 0 saturated carbocycles. The molecule has 0 aromatic heterocycles. The second-order valence-electron chi connectivity index (χ2n) is 19.9. The summed E-state index contributed by atoms with van der Waals surface area (Å²) in [5, 5.41) is 52.3. The third kappa shape index (κ3) is 19.3. The maximum Gasteiger partial charge on any atom is 0.338 e. The summed E-state index contributed by atoms with van der Waals surface area (Å²) in [5.41, 5.74) is 3.19. The molecular weight excluding hydrogens is 925 g/mol. The SMILES string of the molecule is C.C.CCC(/C=C(/C)[C@@H]1CC(=O)C[C@H](O)C(C)(C)c2cccc(c2)C[C@@H](OCOC)[C@H](OCOC)C(=O)O1)CC.CC[C@H](/C=C(/C)[C@@H]1CC(=O)C[C@H](O)C(C)(C)c2cccc(c2)C[C@@H](O)[C@H](O)C(=O)O1)CO. The van der Waals surface area contributed by atoms with Crippen LogP contribution in [-0.2, 0) is 71.3 Å². The molecule has 4 rings (SSSR count). The van der Waals surface area contributed by atoms with Gasteiger partial charge in [-0.2, -0.15) is 0 Å². The van der Waals surface area contributed by atoms with E-state index in [9.17, 15) is 44.7 Å². The number of carbonyl (C=O) groups excluding carboxylic acids is 4. The van der Waals surface area contributed by atoms with Crippen LogP contribution in [0.5, 0.6) is 0 Å². The summed E-state index contributed by atoms with van der Waals surface area (Å²) in [4.78, 5) is 52.2. The summed E-state index contributed by atoms with van der Waals surface area (Å²) in [7, 11) is 2.98. The first-order valence-corrected chi connectivity index (χ1v) is 24.6. The standard InChI is InChI=1S/C30H46O8.C25H36O7.2CH4/c1-8-21(9-2)13-20(3)25-16-24(31)17-27(32)30(4,5)23-12-10-11-22(14-23)15-26(36-18-34-6)28(29(33)38-25)37-19-35-7;1-5-16(14-26)9-15(2)21-12-19(27)13-22(29)25(3,4)18-8-6-7-17(10-18)11-20(28)23(30)24(31)32-21;;/h10-14,21,25-28,32H,8-9,15-19H2,1-7H3;6-10,16,20-23,26,28-30H,5,11-14H2,1-4H3;2*1H4/b20-13-;15-9-;;/t25-,26+,27-,28-;16-,20-,21+,22+,23+;;/m01../s1. The summed E-state index contributed by atoms with van der Waals surface area (Å²) >= 11 is 0. The lowest BCUT2D eigenvalue weighted by Crippen LogP contribution is -2.44. The van der Waals surface area contributed by atoms with Crippen molar-refractivity contribution in [2.75, 3.05) is 34.4 Å². The maximum absolute atomic E-state index is 13.6. The highest BCUT2D eigenvalue weighted by molar-refractivity contribution is 5.82. The van der Waals surface area contributed by atoms with Crippen molar-refractivity contribution < 1.29 is 73.1 Å². The van der Waals surface area contributed by atoms with Gasteiger partial charge in [0.05, 0.1) is 18.3 Å². The summed E-state index contributed by atoms with van der Waals surface area (Å²) in [6, 6.07) is 14.9. The molecule has 408 valence electrons. The van der Waals surface area contributed by atoms with Crippen LogP contribution in [0.15, 0.2) is 71.8 Å². The number of carbonyl (C=O) groups is 4. The molecule has 72 heavy (non-hydrogen) atoms. The van der Waals surface area contributed by atoms with Crippen LogP contribution >= 0.6 is 0 Å². The van der Waals surface area contributed by atoms with E-state index >= 15 is 0 Å². The van der Waals surface area contributed by atoms with E-state index in [0.29, 0.717) is 29.9 Å². The zero-order chi connectivity index (χ0) is 52.3. The minimum atomic E-state index is -1.77. The molecule has 0 saturated heterocycles. The zero-order valence-corrected chi connectivity index (χ0v) is 43.4. The summed E-state index contributed by atoms with van der Waals surface area (Å²) in [5.74, 6) is -2.01. The molecular formula is C57H90O15. The van der Waals surface area contributed by atoms with Crippen LogP contribution < -0.4 is 0 Å². The maximum atomic E-state index is 13.6. The lowest BCUT2D eigenvalue weighted by Gasteiger charge is -2.33. The molecule has 9 atom stereocenters. The zero-order valence-electron chi connectivity index (χ0n) is 43.4. The van der Waals surface area contributed by atoms with E-state index in [4.69, 9.17) is 28.4 Å². The van der Waals surface area contributed by atoms with Gasteiger partial charge in [-0.1, -0.05) is 124 Å². The minimum absolute atomic E-state index is 0. The van der Waals surface area contributed by atoms with E-state index in [-0.39, 0.29) is 84.6 Å². The first kappa shape index (κ1) is 65.9. The van der Waals surface area contributed by atoms with Crippen molar-refractivity contribution in [1.29, 1.82) is 0 Å². The lowest BCUT2D eigenvalue weighted by molar-refractivity contribution is -0.192. The van der Waals surface area contributed by atoms with Crippen LogP contribution in [0.4, 0.5) is 0 Å². The molecule has 15 heteroatoms. The van der Waals surface area contributed by atoms with Crippen molar-refractivity contribution in [3.05, 3.63) is 94.1 Å². The van der Waals surface area contributed by atoms with E-state index in [1.54, 1.807) is 31.2 Å². The topological polar surface area (TPSA) is 225 Å². The quantitative estimate of drug-likeness (QED) is 0.0698. The highest BCUT2D eigenvalue weighted by atomic mass is 16.7. The molecule has 5 N–H and O–H groups in total. The van der Waals surface area contributed by atoms with Crippen LogP contribution in [-0.4, -0.2) is 132 Å². The number of benzene rings is 2. The van der Waals surface area contributed by atoms with Crippen molar-refractivity contribution in [1.82, 2.24) is 0 Å². The Labute approximate surface area is 430 Å². The smallest absolute Gasteiger partial charge is 0.338 e. The second kappa shape index (κ2) is 31.5. The molecule has 0 radical (unpaired) electrons. The van der Waals surface area contributed by atoms with Gasteiger partial charge in [0.2, 0.25) is 0 Å². The molecule has 0 fully saturated rings. The summed E-state index contributed by atoms with van der Waals surface area (Å²) in [6.45, 7) is 16.9. The molecule has 2 heterocycles. The Bertz CT molecular complexity index is 2030. The Morgan fingerprint density at radius 1 is 0.639 bits per heavy atom. The van der Waals surface area contributed by atoms with Crippen molar-refractivity contribution in [2.45, 2.75) is 195 Å². The fourth-order valence-electron chi connectivity index (χ4n) is 8.52. The van der Waals surface area contributed by atoms with Crippen LogP contribution in [0.1, 0.15) is 144 Å². The number of methoxy groups -OCH3 is 2. The van der Waals surface area contributed by atoms with Gasteiger partial charge in [0.25, 0.3) is 0 Å². The molecule has 0 unspecified atom stereocenters. The first-order valence-electron chi connectivity index (χ1n) is 24.6. The molecule has 2 aliphatic heterocycles. The molecule has 2 aliphatic rings. The Kier molecular flexibility index (Phi) is 28.9.